The lowest BCUT2D eigenvalue weighted by Gasteiger charge is -2.23. The summed E-state index contributed by atoms with van der Waals surface area (Å²) in [5, 5.41) is 10.5. The van der Waals surface area contributed by atoms with Gasteiger partial charge in [0.1, 0.15) is 5.82 Å². The number of nitrogens with one attached hydrogen (secondary N) is 2. The van der Waals surface area contributed by atoms with Gasteiger partial charge in [0, 0.05) is 44.1 Å². The van der Waals surface area contributed by atoms with Gasteiger partial charge in [0.05, 0.1) is 18.1 Å². The first kappa shape index (κ1) is 17.6. The summed E-state index contributed by atoms with van der Waals surface area (Å²) >= 11 is 0. The van der Waals surface area contributed by atoms with Gasteiger partial charge in [0.2, 0.25) is 16.0 Å². The fourth-order valence-electron chi connectivity index (χ4n) is 2.96. The Morgan fingerprint density at radius 2 is 2.16 bits per heavy atom. The van der Waals surface area contributed by atoms with Crippen molar-refractivity contribution in [3.63, 3.8) is 0 Å². The van der Waals surface area contributed by atoms with Crippen molar-refractivity contribution in [2.75, 3.05) is 30.0 Å². The lowest BCUT2D eigenvalue weighted by molar-refractivity contribution is 0.402. The molecule has 10 heteroatoms. The summed E-state index contributed by atoms with van der Waals surface area (Å²) in [6.45, 7) is 3.03. The molecule has 0 spiro atoms. The van der Waals surface area contributed by atoms with Gasteiger partial charge >= 0.3 is 0 Å². The lowest BCUT2D eigenvalue weighted by Crippen LogP contribution is -2.39. The molecular weight excluding hydrogens is 342 g/mol. The van der Waals surface area contributed by atoms with Gasteiger partial charge in [0.15, 0.2) is 0 Å². The van der Waals surface area contributed by atoms with Crippen LogP contribution in [0.2, 0.25) is 0 Å². The van der Waals surface area contributed by atoms with Crippen LogP contribution in [-0.2, 0) is 17.1 Å². The topological polar surface area (TPSA) is 105 Å². The number of aromatic nitrogens is 4. The van der Waals surface area contributed by atoms with Gasteiger partial charge in [0.25, 0.3) is 0 Å². The molecule has 0 bridgehead atoms. The normalized spacial score (nSPS) is 18.4. The first-order valence-corrected chi connectivity index (χ1v) is 9.98. The molecule has 0 radical (unpaired) electrons. The van der Waals surface area contributed by atoms with E-state index in [9.17, 15) is 8.42 Å². The van der Waals surface area contributed by atoms with Gasteiger partial charge in [-0.25, -0.2) is 13.4 Å². The number of nitrogens with zero attached hydrogens (tertiary/aromatic N) is 5. The fraction of sp³-hybridized carbons (Fsp3) is 0.533. The Morgan fingerprint density at radius 3 is 2.84 bits per heavy atom. The van der Waals surface area contributed by atoms with Crippen LogP contribution in [0.5, 0.6) is 0 Å². The first-order valence-electron chi connectivity index (χ1n) is 8.13. The van der Waals surface area contributed by atoms with Crippen LogP contribution in [-0.4, -0.2) is 57.9 Å². The van der Waals surface area contributed by atoms with Crippen molar-refractivity contribution in [2.24, 2.45) is 7.05 Å². The summed E-state index contributed by atoms with van der Waals surface area (Å²) in [4.78, 5) is 8.76. The minimum Gasteiger partial charge on any atom is -0.368 e. The van der Waals surface area contributed by atoms with Gasteiger partial charge in [-0.05, 0) is 19.8 Å². The van der Waals surface area contributed by atoms with Gasteiger partial charge in [-0.2, -0.15) is 14.4 Å². The quantitative estimate of drug-likeness (QED) is 0.789. The molecule has 25 heavy (non-hydrogen) atoms. The summed E-state index contributed by atoms with van der Waals surface area (Å²) < 4.78 is 26.9. The van der Waals surface area contributed by atoms with Crippen molar-refractivity contribution in [2.45, 2.75) is 25.8 Å². The molecule has 1 aliphatic rings. The summed E-state index contributed by atoms with van der Waals surface area (Å²) in [5.74, 6) is 1.16. The van der Waals surface area contributed by atoms with Crippen LogP contribution in [0.25, 0.3) is 0 Å². The Hall–Kier alpha value is -2.20. The van der Waals surface area contributed by atoms with Crippen molar-refractivity contribution < 1.29 is 8.42 Å². The van der Waals surface area contributed by atoms with Crippen molar-refractivity contribution in [1.29, 1.82) is 0 Å². The number of aryl methyl sites for hydroxylation is 2. The molecule has 1 atom stereocenters. The third kappa shape index (κ3) is 4.26. The molecule has 136 valence electrons. The molecule has 3 heterocycles. The Bertz CT molecular complexity index is 849. The highest BCUT2D eigenvalue weighted by molar-refractivity contribution is 7.88. The molecule has 1 unspecified atom stereocenters. The molecule has 1 aliphatic heterocycles. The minimum atomic E-state index is -3.17. The van der Waals surface area contributed by atoms with Crippen LogP contribution in [0.1, 0.15) is 18.4 Å². The predicted molar refractivity (Wildman–Crippen MR) is 96.3 cm³/mol. The standard InChI is InChI=1S/C15H23N7O2S/c1-11-7-17-15(19-12-8-18-21(2)10-12)20-14(11)16-9-13-5-4-6-22(13)25(3,23)24/h7-8,10,13H,4-6,9H2,1-3H3,(H2,16,17,19,20). The van der Waals surface area contributed by atoms with Crippen LogP contribution in [0.4, 0.5) is 17.5 Å². The number of anilines is 3. The molecule has 0 saturated carbocycles. The molecule has 1 saturated heterocycles. The van der Waals surface area contributed by atoms with Gasteiger partial charge in [-0.1, -0.05) is 0 Å². The number of hydrogen-bond acceptors (Lipinski definition) is 7. The van der Waals surface area contributed by atoms with E-state index in [1.54, 1.807) is 21.4 Å². The molecular formula is C15H23N7O2S. The number of rotatable bonds is 6. The van der Waals surface area contributed by atoms with Crippen LogP contribution < -0.4 is 10.6 Å². The summed E-state index contributed by atoms with van der Waals surface area (Å²) in [7, 11) is -1.34. The van der Waals surface area contributed by atoms with E-state index in [1.807, 2.05) is 20.2 Å². The summed E-state index contributed by atoms with van der Waals surface area (Å²) in [6, 6.07) is -0.0425. The van der Waals surface area contributed by atoms with E-state index in [0.29, 0.717) is 24.9 Å². The molecule has 9 nitrogen and oxygen atoms in total. The fourth-order valence-corrected chi connectivity index (χ4v) is 4.14. The van der Waals surface area contributed by atoms with Gasteiger partial charge in [-0.3, -0.25) is 4.68 Å². The maximum atomic E-state index is 11.8. The molecule has 2 N–H and O–H groups in total. The Balaban J connectivity index is 1.68. The number of sulfonamides is 1. The van der Waals surface area contributed by atoms with E-state index >= 15 is 0 Å². The molecule has 3 rings (SSSR count). The highest BCUT2D eigenvalue weighted by Crippen LogP contribution is 2.22. The maximum absolute atomic E-state index is 11.8. The van der Waals surface area contributed by atoms with E-state index in [4.69, 9.17) is 0 Å². The molecule has 1 fully saturated rings. The summed E-state index contributed by atoms with van der Waals surface area (Å²) in [6.07, 6.45) is 8.26. The van der Waals surface area contributed by atoms with E-state index in [1.165, 1.54) is 6.26 Å². The first-order chi connectivity index (χ1) is 11.8. The molecule has 0 amide bonds. The van der Waals surface area contributed by atoms with Crippen molar-refractivity contribution >= 4 is 27.5 Å². The van der Waals surface area contributed by atoms with Crippen LogP contribution >= 0.6 is 0 Å². The molecule has 2 aromatic heterocycles. The zero-order valence-corrected chi connectivity index (χ0v) is 15.4. The van der Waals surface area contributed by atoms with Crippen LogP contribution in [0.3, 0.4) is 0 Å². The van der Waals surface area contributed by atoms with E-state index < -0.39 is 10.0 Å². The third-order valence-electron chi connectivity index (χ3n) is 4.19. The van der Waals surface area contributed by atoms with Crippen molar-refractivity contribution in [3.05, 3.63) is 24.2 Å². The van der Waals surface area contributed by atoms with E-state index in [-0.39, 0.29) is 6.04 Å². The molecule has 0 aromatic carbocycles. The van der Waals surface area contributed by atoms with Crippen molar-refractivity contribution in [3.8, 4) is 0 Å². The summed E-state index contributed by atoms with van der Waals surface area (Å²) in [5.41, 5.74) is 1.71. The zero-order chi connectivity index (χ0) is 18.0. The second-order valence-corrected chi connectivity index (χ2v) is 8.24. The Kier molecular flexibility index (Phi) is 4.91. The lowest BCUT2D eigenvalue weighted by atomic mass is 10.2. The monoisotopic (exact) mass is 365 g/mol. The largest absolute Gasteiger partial charge is 0.368 e. The molecule has 0 aliphatic carbocycles. The van der Waals surface area contributed by atoms with E-state index in [0.717, 1.165) is 24.1 Å². The average Bonchev–Trinajstić information content (AvgIpc) is 3.16. The molecule has 2 aromatic rings. The smallest absolute Gasteiger partial charge is 0.229 e. The van der Waals surface area contributed by atoms with Crippen LogP contribution in [0.15, 0.2) is 18.6 Å². The SMILES string of the molecule is Cc1cnc(Nc2cnn(C)c2)nc1NCC1CCCN1S(C)(=O)=O. The van der Waals surface area contributed by atoms with Crippen molar-refractivity contribution in [1.82, 2.24) is 24.1 Å². The van der Waals surface area contributed by atoms with E-state index in [2.05, 4.69) is 25.7 Å². The zero-order valence-electron chi connectivity index (χ0n) is 14.6. The Morgan fingerprint density at radius 1 is 1.36 bits per heavy atom. The predicted octanol–water partition coefficient (Wildman–Crippen LogP) is 1.10. The van der Waals surface area contributed by atoms with Crippen LogP contribution in [0, 0.1) is 6.92 Å². The maximum Gasteiger partial charge on any atom is 0.229 e. The third-order valence-corrected chi connectivity index (χ3v) is 5.52. The Labute approximate surface area is 147 Å². The second kappa shape index (κ2) is 6.96. The number of hydrogen-bond donors (Lipinski definition) is 2. The average molecular weight is 365 g/mol. The minimum absolute atomic E-state index is 0.0425. The van der Waals surface area contributed by atoms with Gasteiger partial charge in [-0.15, -0.1) is 0 Å². The second-order valence-electron chi connectivity index (χ2n) is 6.30. The highest BCUT2D eigenvalue weighted by Gasteiger charge is 2.31. The highest BCUT2D eigenvalue weighted by atomic mass is 32.2. The van der Waals surface area contributed by atoms with Gasteiger partial charge < -0.3 is 10.6 Å².